The number of ether oxygens (including phenoxy) is 1. The van der Waals surface area contributed by atoms with Crippen LogP contribution >= 0.6 is 0 Å². The van der Waals surface area contributed by atoms with Gasteiger partial charge in [0.25, 0.3) is 5.91 Å². The van der Waals surface area contributed by atoms with Crippen LogP contribution in [-0.4, -0.2) is 34.6 Å². The van der Waals surface area contributed by atoms with Crippen molar-refractivity contribution < 1.29 is 22.3 Å². The largest absolute Gasteiger partial charge is 0.383 e. The lowest BCUT2D eigenvalue weighted by Gasteiger charge is -2.09. The van der Waals surface area contributed by atoms with E-state index in [1.54, 1.807) is 18.2 Å². The molecule has 0 aliphatic rings. The van der Waals surface area contributed by atoms with Crippen LogP contribution in [0.3, 0.4) is 0 Å². The van der Waals surface area contributed by atoms with E-state index in [4.69, 9.17) is 4.74 Å². The highest BCUT2D eigenvalue weighted by atomic mass is 32.2. The summed E-state index contributed by atoms with van der Waals surface area (Å²) < 4.78 is 44.8. The fraction of sp³-hybridized carbons (Fsp3) is 0.235. The van der Waals surface area contributed by atoms with E-state index in [1.165, 1.54) is 37.4 Å². The highest BCUT2D eigenvalue weighted by Gasteiger charge is 2.13. The van der Waals surface area contributed by atoms with Crippen molar-refractivity contribution in [3.63, 3.8) is 0 Å². The quantitative estimate of drug-likeness (QED) is 0.696. The Hall–Kier alpha value is -2.29. The summed E-state index contributed by atoms with van der Waals surface area (Å²) in [6.45, 7) is 0.614. The Morgan fingerprint density at radius 2 is 1.80 bits per heavy atom. The van der Waals surface area contributed by atoms with Gasteiger partial charge in [-0.25, -0.2) is 17.5 Å². The standard InChI is InChI=1S/C17H19FN2O4S/c1-24-11-10-20-25(22,23)14-8-6-13(7-9-14)12-19-17(21)15-4-2-3-5-16(15)18/h2-9,20H,10-12H2,1H3,(H,19,21). The van der Waals surface area contributed by atoms with Crippen LogP contribution < -0.4 is 10.0 Å². The molecule has 0 spiro atoms. The molecule has 25 heavy (non-hydrogen) atoms. The van der Waals surface area contributed by atoms with Gasteiger partial charge in [-0.05, 0) is 29.8 Å². The van der Waals surface area contributed by atoms with E-state index in [1.807, 2.05) is 0 Å². The van der Waals surface area contributed by atoms with Gasteiger partial charge in [0.2, 0.25) is 10.0 Å². The number of benzene rings is 2. The molecule has 8 heteroatoms. The van der Waals surface area contributed by atoms with Crippen LogP contribution in [0, 0.1) is 5.82 Å². The van der Waals surface area contributed by atoms with Crippen molar-refractivity contribution in [3.8, 4) is 0 Å². The van der Waals surface area contributed by atoms with Crippen LogP contribution in [0.15, 0.2) is 53.4 Å². The smallest absolute Gasteiger partial charge is 0.254 e. The molecule has 2 aromatic carbocycles. The van der Waals surface area contributed by atoms with E-state index in [-0.39, 0.29) is 30.2 Å². The number of methoxy groups -OCH3 is 1. The van der Waals surface area contributed by atoms with E-state index in [9.17, 15) is 17.6 Å². The van der Waals surface area contributed by atoms with Gasteiger partial charge in [0.05, 0.1) is 17.1 Å². The zero-order valence-electron chi connectivity index (χ0n) is 13.7. The second-order valence-corrected chi connectivity index (χ2v) is 6.96. The van der Waals surface area contributed by atoms with Crippen LogP contribution in [-0.2, 0) is 21.3 Å². The maximum atomic E-state index is 13.5. The Labute approximate surface area is 146 Å². The topological polar surface area (TPSA) is 84.5 Å². The number of rotatable bonds is 8. The first-order valence-electron chi connectivity index (χ1n) is 7.54. The monoisotopic (exact) mass is 366 g/mol. The van der Waals surface area contributed by atoms with Gasteiger partial charge in [0.1, 0.15) is 5.82 Å². The van der Waals surface area contributed by atoms with Gasteiger partial charge in [0, 0.05) is 20.2 Å². The van der Waals surface area contributed by atoms with Crippen molar-refractivity contribution in [3.05, 3.63) is 65.5 Å². The summed E-state index contributed by atoms with van der Waals surface area (Å²) in [5.41, 5.74) is 0.657. The molecule has 0 atom stereocenters. The number of sulfonamides is 1. The number of nitrogens with one attached hydrogen (secondary N) is 2. The van der Waals surface area contributed by atoms with Crippen molar-refractivity contribution >= 4 is 15.9 Å². The van der Waals surface area contributed by atoms with Gasteiger partial charge in [-0.15, -0.1) is 0 Å². The van der Waals surface area contributed by atoms with Crippen molar-refractivity contribution in [1.29, 1.82) is 0 Å². The molecule has 2 aromatic rings. The lowest BCUT2D eigenvalue weighted by molar-refractivity contribution is 0.0947. The fourth-order valence-electron chi connectivity index (χ4n) is 2.07. The molecular formula is C17H19FN2O4S. The van der Waals surface area contributed by atoms with Crippen LogP contribution in [0.1, 0.15) is 15.9 Å². The van der Waals surface area contributed by atoms with Gasteiger partial charge in [0.15, 0.2) is 0 Å². The summed E-state index contributed by atoms with van der Waals surface area (Å²) in [5.74, 6) is -1.13. The molecule has 0 aliphatic carbocycles. The van der Waals surface area contributed by atoms with Crippen molar-refractivity contribution in [2.24, 2.45) is 0 Å². The lowest BCUT2D eigenvalue weighted by Crippen LogP contribution is -2.27. The SMILES string of the molecule is COCCNS(=O)(=O)c1ccc(CNC(=O)c2ccccc2F)cc1. The molecule has 0 fully saturated rings. The van der Waals surface area contributed by atoms with E-state index < -0.39 is 21.7 Å². The Morgan fingerprint density at radius 3 is 2.44 bits per heavy atom. The molecule has 0 aromatic heterocycles. The highest BCUT2D eigenvalue weighted by molar-refractivity contribution is 7.89. The minimum atomic E-state index is -3.60. The van der Waals surface area contributed by atoms with Crippen LogP contribution in [0.25, 0.3) is 0 Å². The van der Waals surface area contributed by atoms with Crippen LogP contribution in [0.4, 0.5) is 4.39 Å². The third-order valence-electron chi connectivity index (χ3n) is 3.40. The van der Waals surface area contributed by atoms with Gasteiger partial charge in [-0.3, -0.25) is 4.79 Å². The summed E-state index contributed by atoms with van der Waals surface area (Å²) >= 11 is 0. The summed E-state index contributed by atoms with van der Waals surface area (Å²) in [5, 5.41) is 2.60. The highest BCUT2D eigenvalue weighted by Crippen LogP contribution is 2.11. The number of carbonyl (C=O) groups excluding carboxylic acids is 1. The fourth-order valence-corrected chi connectivity index (χ4v) is 3.08. The molecule has 0 heterocycles. The van der Waals surface area contributed by atoms with Crippen molar-refractivity contribution in [2.75, 3.05) is 20.3 Å². The molecule has 0 unspecified atom stereocenters. The Balaban J connectivity index is 1.96. The van der Waals surface area contributed by atoms with Gasteiger partial charge in [-0.1, -0.05) is 24.3 Å². The van der Waals surface area contributed by atoms with Crippen molar-refractivity contribution in [2.45, 2.75) is 11.4 Å². The first kappa shape index (κ1) is 19.0. The molecule has 2 N–H and O–H groups in total. The first-order valence-corrected chi connectivity index (χ1v) is 9.02. The average Bonchev–Trinajstić information content (AvgIpc) is 2.60. The van der Waals surface area contributed by atoms with Crippen LogP contribution in [0.2, 0.25) is 0 Å². The average molecular weight is 366 g/mol. The molecule has 6 nitrogen and oxygen atoms in total. The minimum Gasteiger partial charge on any atom is -0.383 e. The third-order valence-corrected chi connectivity index (χ3v) is 4.88. The minimum absolute atomic E-state index is 0.0379. The molecule has 2 rings (SSSR count). The van der Waals surface area contributed by atoms with E-state index >= 15 is 0 Å². The third kappa shape index (κ3) is 5.35. The second-order valence-electron chi connectivity index (χ2n) is 5.20. The predicted molar refractivity (Wildman–Crippen MR) is 91.1 cm³/mol. The summed E-state index contributed by atoms with van der Waals surface area (Å²) in [6.07, 6.45) is 0. The molecule has 134 valence electrons. The Morgan fingerprint density at radius 1 is 1.12 bits per heavy atom. The summed E-state index contributed by atoms with van der Waals surface area (Å²) in [4.78, 5) is 12.1. The Bertz CT molecular complexity index is 823. The van der Waals surface area contributed by atoms with Gasteiger partial charge >= 0.3 is 0 Å². The van der Waals surface area contributed by atoms with E-state index in [2.05, 4.69) is 10.0 Å². The second kappa shape index (κ2) is 8.70. The first-order chi connectivity index (χ1) is 11.9. The summed E-state index contributed by atoms with van der Waals surface area (Å²) in [6, 6.07) is 11.8. The van der Waals surface area contributed by atoms with Crippen LogP contribution in [0.5, 0.6) is 0 Å². The maximum Gasteiger partial charge on any atom is 0.254 e. The predicted octanol–water partition coefficient (Wildman–Crippen LogP) is 1.68. The number of carbonyl (C=O) groups is 1. The number of hydrogen-bond acceptors (Lipinski definition) is 4. The number of halogens is 1. The van der Waals surface area contributed by atoms with E-state index in [0.717, 1.165) is 0 Å². The number of amides is 1. The van der Waals surface area contributed by atoms with Crippen molar-refractivity contribution in [1.82, 2.24) is 10.0 Å². The Kier molecular flexibility index (Phi) is 6.63. The molecule has 0 saturated carbocycles. The molecule has 0 radical (unpaired) electrons. The molecule has 0 aliphatic heterocycles. The number of hydrogen-bond donors (Lipinski definition) is 2. The maximum absolute atomic E-state index is 13.5. The zero-order chi connectivity index (χ0) is 18.3. The van der Waals surface area contributed by atoms with Gasteiger partial charge in [-0.2, -0.15) is 0 Å². The zero-order valence-corrected chi connectivity index (χ0v) is 14.5. The van der Waals surface area contributed by atoms with E-state index in [0.29, 0.717) is 5.56 Å². The summed E-state index contributed by atoms with van der Waals surface area (Å²) in [7, 11) is -2.11. The molecule has 0 bridgehead atoms. The van der Waals surface area contributed by atoms with Gasteiger partial charge < -0.3 is 10.1 Å². The normalized spacial score (nSPS) is 11.3. The lowest BCUT2D eigenvalue weighted by atomic mass is 10.2. The molecule has 1 amide bonds. The molecular weight excluding hydrogens is 347 g/mol. The molecule has 0 saturated heterocycles.